The number of rotatable bonds is 14. The predicted molar refractivity (Wildman–Crippen MR) is 194 cm³/mol. The Labute approximate surface area is 288 Å². The lowest BCUT2D eigenvalue weighted by Gasteiger charge is -2.36. The highest BCUT2D eigenvalue weighted by Crippen LogP contribution is 2.39. The van der Waals surface area contributed by atoms with Gasteiger partial charge in [0, 0.05) is 57.7 Å². The molecule has 2 aromatic heterocycles. The van der Waals surface area contributed by atoms with Crippen LogP contribution in [0.25, 0.3) is 22.2 Å². The van der Waals surface area contributed by atoms with Crippen molar-refractivity contribution in [2.75, 3.05) is 46.2 Å². The van der Waals surface area contributed by atoms with Crippen LogP contribution in [0.2, 0.25) is 25.7 Å². The summed E-state index contributed by atoms with van der Waals surface area (Å²) in [7, 11) is 3.94. The number of nitrogens with zero attached hydrogens (tertiary/aromatic N) is 4. The maximum atomic E-state index is 12.9. The predicted octanol–water partition coefficient (Wildman–Crippen LogP) is 5.50. The minimum absolute atomic E-state index is 0.0635. The highest BCUT2D eigenvalue weighted by atomic mass is 28.3. The molecule has 1 saturated carbocycles. The van der Waals surface area contributed by atoms with Crippen LogP contribution in [0, 0.1) is 0 Å². The van der Waals surface area contributed by atoms with Crippen LogP contribution in [0.3, 0.4) is 0 Å². The molecule has 1 aliphatic carbocycles. The molecule has 49 heavy (non-hydrogen) atoms. The molecule has 4 aromatic rings. The summed E-state index contributed by atoms with van der Waals surface area (Å²) in [5.41, 5.74) is 4.16. The fourth-order valence-electron chi connectivity index (χ4n) is 5.86. The molecule has 2 aliphatic rings. The first-order chi connectivity index (χ1) is 23.5. The number of hydrogen-bond donors (Lipinski definition) is 3. The SMILES string of the molecule is CNC(=O)c1ccc(-c2cn(COCC[Si](C)(C)C)c3nc(Nc4ccc(C(=O)NC5CN(C)C5)cc4OC)nc(OC4CCC4)c23)cc1. The number of amides is 2. The lowest BCUT2D eigenvalue weighted by molar-refractivity contribution is 0.0856. The molecular formula is C36H47N7O5Si. The zero-order chi connectivity index (χ0) is 34.7. The normalized spacial score (nSPS) is 15.4. The van der Waals surface area contributed by atoms with Crippen molar-refractivity contribution in [2.45, 2.75) is 63.8 Å². The van der Waals surface area contributed by atoms with Gasteiger partial charge in [-0.25, -0.2) is 0 Å². The van der Waals surface area contributed by atoms with E-state index in [0.29, 0.717) is 53.4 Å². The number of carbonyl (C=O) groups is 2. The quantitative estimate of drug-likeness (QED) is 0.116. The number of likely N-dealkylation sites (tertiary alicyclic amines) is 1. The fraction of sp³-hybridized carbons (Fsp3) is 0.444. The zero-order valence-corrected chi connectivity index (χ0v) is 30.3. The largest absolute Gasteiger partial charge is 0.495 e. The lowest BCUT2D eigenvalue weighted by atomic mass is 9.96. The molecule has 1 saturated heterocycles. The summed E-state index contributed by atoms with van der Waals surface area (Å²) in [5, 5.41) is 9.86. The molecule has 13 heteroatoms. The van der Waals surface area contributed by atoms with Crippen molar-refractivity contribution < 1.29 is 23.8 Å². The Kier molecular flexibility index (Phi) is 10.2. The van der Waals surface area contributed by atoms with Crippen molar-refractivity contribution in [1.82, 2.24) is 30.1 Å². The van der Waals surface area contributed by atoms with E-state index in [9.17, 15) is 9.59 Å². The number of likely N-dealkylation sites (N-methyl/N-ethyl adjacent to an activating group) is 1. The average Bonchev–Trinajstić information content (AvgIpc) is 3.41. The number of fused-ring (bicyclic) bond motifs is 1. The standard InChI is InChI=1S/C36H47N7O5Si/c1-37-33(44)24-12-10-23(11-13-24)28-21-43(22-47-16-17-49(4,5)6)32-31(28)35(48-27-8-7-9-27)41-36(40-32)39-29-15-14-25(18-30(29)46-3)34(45)38-26-19-42(2)20-26/h10-15,18,21,26-27H,7-9,16-17,19-20,22H2,1-6H3,(H,37,44)(H,38,45)(H,39,40,41). The molecular weight excluding hydrogens is 639 g/mol. The highest BCUT2D eigenvalue weighted by Gasteiger charge is 2.27. The molecule has 2 aromatic carbocycles. The van der Waals surface area contributed by atoms with Gasteiger partial charge in [0.25, 0.3) is 11.8 Å². The van der Waals surface area contributed by atoms with Crippen molar-refractivity contribution in [3.8, 4) is 22.8 Å². The van der Waals surface area contributed by atoms with Gasteiger partial charge in [0.15, 0.2) is 5.65 Å². The molecule has 3 N–H and O–H groups in total. The van der Waals surface area contributed by atoms with Crippen LogP contribution in [0.15, 0.2) is 48.7 Å². The van der Waals surface area contributed by atoms with E-state index in [1.807, 2.05) is 42.1 Å². The van der Waals surface area contributed by atoms with Crippen molar-refractivity contribution in [1.29, 1.82) is 0 Å². The Morgan fingerprint density at radius 2 is 1.73 bits per heavy atom. The van der Waals surface area contributed by atoms with Crippen LogP contribution >= 0.6 is 0 Å². The van der Waals surface area contributed by atoms with E-state index in [4.69, 9.17) is 24.2 Å². The van der Waals surface area contributed by atoms with Crippen molar-refractivity contribution in [3.05, 3.63) is 59.8 Å². The van der Waals surface area contributed by atoms with Gasteiger partial charge in [-0.15, -0.1) is 0 Å². The molecule has 2 amide bonds. The first-order valence-electron chi connectivity index (χ1n) is 16.9. The van der Waals surface area contributed by atoms with Gasteiger partial charge in [0.2, 0.25) is 11.8 Å². The molecule has 0 atom stereocenters. The summed E-state index contributed by atoms with van der Waals surface area (Å²) in [4.78, 5) is 37.2. The van der Waals surface area contributed by atoms with Crippen molar-refractivity contribution in [3.63, 3.8) is 0 Å². The van der Waals surface area contributed by atoms with Crippen LogP contribution in [-0.2, 0) is 11.5 Å². The molecule has 260 valence electrons. The molecule has 1 aliphatic heterocycles. The van der Waals surface area contributed by atoms with Gasteiger partial charge in [-0.1, -0.05) is 31.8 Å². The maximum absolute atomic E-state index is 12.9. The van der Waals surface area contributed by atoms with Gasteiger partial charge < -0.3 is 39.6 Å². The number of benzene rings is 2. The van der Waals surface area contributed by atoms with Gasteiger partial charge in [-0.3, -0.25) is 9.59 Å². The van der Waals surface area contributed by atoms with E-state index in [0.717, 1.165) is 54.9 Å². The molecule has 0 radical (unpaired) electrons. The van der Waals surface area contributed by atoms with E-state index in [1.54, 1.807) is 32.4 Å². The van der Waals surface area contributed by atoms with E-state index >= 15 is 0 Å². The molecule has 6 rings (SSSR count). The summed E-state index contributed by atoms with van der Waals surface area (Å²) in [5.74, 6) is 1.01. The second-order valence-corrected chi connectivity index (χ2v) is 19.8. The second-order valence-electron chi connectivity index (χ2n) is 14.2. The van der Waals surface area contributed by atoms with E-state index < -0.39 is 8.07 Å². The van der Waals surface area contributed by atoms with Gasteiger partial charge >= 0.3 is 0 Å². The van der Waals surface area contributed by atoms with Crippen LogP contribution in [0.5, 0.6) is 11.6 Å². The molecule has 2 fully saturated rings. The van der Waals surface area contributed by atoms with Crippen molar-refractivity contribution >= 4 is 42.6 Å². The number of anilines is 2. The fourth-order valence-corrected chi connectivity index (χ4v) is 6.62. The first-order valence-corrected chi connectivity index (χ1v) is 20.6. The van der Waals surface area contributed by atoms with Gasteiger partial charge in [0.05, 0.1) is 24.2 Å². The summed E-state index contributed by atoms with van der Waals surface area (Å²) < 4.78 is 20.4. The zero-order valence-electron chi connectivity index (χ0n) is 29.3. The van der Waals surface area contributed by atoms with Crippen molar-refractivity contribution in [2.24, 2.45) is 0 Å². The van der Waals surface area contributed by atoms with Crippen LogP contribution in [0.4, 0.5) is 11.6 Å². The van der Waals surface area contributed by atoms with Gasteiger partial charge in [-0.2, -0.15) is 9.97 Å². The summed E-state index contributed by atoms with van der Waals surface area (Å²) in [6.07, 6.45) is 5.11. The number of methoxy groups -OCH3 is 1. The Hall–Kier alpha value is -4.46. The number of hydrogen-bond acceptors (Lipinski definition) is 9. The lowest BCUT2D eigenvalue weighted by Crippen LogP contribution is -2.57. The molecule has 3 heterocycles. The molecule has 0 spiro atoms. The van der Waals surface area contributed by atoms with E-state index in [2.05, 4.69) is 40.5 Å². The van der Waals surface area contributed by atoms with Crippen LogP contribution in [-0.4, -0.2) is 92.4 Å². The summed E-state index contributed by atoms with van der Waals surface area (Å²) >= 11 is 0. The number of carbonyl (C=O) groups excluding carboxylic acids is 2. The molecule has 0 unspecified atom stereocenters. The highest BCUT2D eigenvalue weighted by molar-refractivity contribution is 6.76. The van der Waals surface area contributed by atoms with Crippen LogP contribution < -0.4 is 25.4 Å². The monoisotopic (exact) mass is 685 g/mol. The average molecular weight is 686 g/mol. The first kappa shape index (κ1) is 34.4. The Morgan fingerprint density at radius 3 is 2.37 bits per heavy atom. The number of aromatic nitrogens is 3. The third-order valence-electron chi connectivity index (χ3n) is 9.03. The minimum atomic E-state index is -1.28. The summed E-state index contributed by atoms with van der Waals surface area (Å²) in [6.45, 7) is 9.62. The third-order valence-corrected chi connectivity index (χ3v) is 10.7. The topological polar surface area (TPSA) is 132 Å². The number of ether oxygens (including phenoxy) is 3. The van der Waals surface area contributed by atoms with E-state index in [1.165, 1.54) is 0 Å². The smallest absolute Gasteiger partial charge is 0.251 e. The Bertz CT molecular complexity index is 1810. The third kappa shape index (κ3) is 8.06. The van der Waals surface area contributed by atoms with Gasteiger partial charge in [-0.05, 0) is 68.2 Å². The Morgan fingerprint density at radius 1 is 1.00 bits per heavy atom. The Balaban J connectivity index is 1.37. The minimum Gasteiger partial charge on any atom is -0.495 e. The number of nitrogens with one attached hydrogen (secondary N) is 3. The molecule has 12 nitrogen and oxygen atoms in total. The maximum Gasteiger partial charge on any atom is 0.251 e. The summed E-state index contributed by atoms with van der Waals surface area (Å²) in [6, 6.07) is 14.0. The molecule has 0 bridgehead atoms. The van der Waals surface area contributed by atoms with Crippen LogP contribution in [0.1, 0.15) is 40.0 Å². The van der Waals surface area contributed by atoms with Gasteiger partial charge in [0.1, 0.15) is 18.6 Å². The van der Waals surface area contributed by atoms with E-state index in [-0.39, 0.29) is 24.0 Å². The second kappa shape index (κ2) is 14.6.